The van der Waals surface area contributed by atoms with Crippen molar-refractivity contribution in [2.75, 3.05) is 6.54 Å². The van der Waals surface area contributed by atoms with Crippen molar-refractivity contribution in [1.82, 2.24) is 5.32 Å². The van der Waals surface area contributed by atoms with Crippen molar-refractivity contribution in [3.63, 3.8) is 0 Å². The van der Waals surface area contributed by atoms with Gasteiger partial charge in [0.2, 0.25) is 0 Å². The van der Waals surface area contributed by atoms with E-state index in [1.165, 1.54) is 17.8 Å². The summed E-state index contributed by atoms with van der Waals surface area (Å²) >= 11 is 1.25. The molecule has 0 saturated heterocycles. The van der Waals surface area contributed by atoms with Gasteiger partial charge in [-0.05, 0) is 36.4 Å². The van der Waals surface area contributed by atoms with Crippen LogP contribution in [0.3, 0.4) is 0 Å². The van der Waals surface area contributed by atoms with Gasteiger partial charge in [0, 0.05) is 11.4 Å². The van der Waals surface area contributed by atoms with Crippen LogP contribution < -0.4 is 5.32 Å². The summed E-state index contributed by atoms with van der Waals surface area (Å²) in [5, 5.41) is 3.24. The van der Waals surface area contributed by atoms with Crippen molar-refractivity contribution >= 4 is 11.8 Å². The molecule has 1 nitrogen and oxygen atoms in total. The molecule has 0 aliphatic rings. The molecule has 4 heteroatoms. The van der Waals surface area contributed by atoms with Crippen LogP contribution in [-0.4, -0.2) is 6.54 Å². The second-order valence-corrected chi connectivity index (χ2v) is 5.15. The van der Waals surface area contributed by atoms with Crippen LogP contribution in [0, 0.1) is 11.6 Å². The first-order chi connectivity index (χ1) is 9.20. The van der Waals surface area contributed by atoms with Crippen molar-refractivity contribution in [2.24, 2.45) is 0 Å². The van der Waals surface area contributed by atoms with Crippen molar-refractivity contribution in [3.05, 3.63) is 59.7 Å². The number of hydrogen-bond acceptors (Lipinski definition) is 2. The Kier molecular flexibility index (Phi) is 4.93. The zero-order valence-corrected chi connectivity index (χ0v) is 11.4. The van der Waals surface area contributed by atoms with Crippen molar-refractivity contribution in [3.8, 4) is 0 Å². The molecule has 0 aromatic heterocycles. The first kappa shape index (κ1) is 14.0. The van der Waals surface area contributed by atoms with Crippen LogP contribution in [0.1, 0.15) is 12.5 Å². The number of rotatable bonds is 5. The number of benzene rings is 2. The Morgan fingerprint density at radius 3 is 2.63 bits per heavy atom. The van der Waals surface area contributed by atoms with Crippen LogP contribution in [0.25, 0.3) is 0 Å². The lowest BCUT2D eigenvalue weighted by molar-refractivity contribution is 0.577. The highest BCUT2D eigenvalue weighted by Gasteiger charge is 2.08. The lowest BCUT2D eigenvalue weighted by Gasteiger charge is -2.10. The summed E-state index contributed by atoms with van der Waals surface area (Å²) < 4.78 is 26.8. The molecule has 0 amide bonds. The fourth-order valence-electron chi connectivity index (χ4n) is 1.68. The van der Waals surface area contributed by atoms with Gasteiger partial charge >= 0.3 is 0 Å². The first-order valence-electron chi connectivity index (χ1n) is 6.12. The van der Waals surface area contributed by atoms with E-state index in [9.17, 15) is 8.78 Å². The molecule has 0 atom stereocenters. The zero-order valence-electron chi connectivity index (χ0n) is 10.6. The summed E-state index contributed by atoms with van der Waals surface area (Å²) in [4.78, 5) is 1.25. The van der Waals surface area contributed by atoms with Gasteiger partial charge in [0.05, 0.1) is 4.90 Å². The maximum Gasteiger partial charge on any atom is 0.137 e. The molecule has 0 fully saturated rings. The van der Waals surface area contributed by atoms with Crippen LogP contribution >= 0.6 is 11.8 Å². The summed E-state index contributed by atoms with van der Waals surface area (Å²) in [6.07, 6.45) is 0. The van der Waals surface area contributed by atoms with E-state index in [1.807, 2.05) is 31.2 Å². The second-order valence-electron chi connectivity index (χ2n) is 4.06. The van der Waals surface area contributed by atoms with E-state index in [1.54, 1.807) is 0 Å². The van der Waals surface area contributed by atoms with Gasteiger partial charge in [-0.3, -0.25) is 0 Å². The Balaban J connectivity index is 2.25. The first-order valence-corrected chi connectivity index (χ1v) is 6.94. The van der Waals surface area contributed by atoms with Crippen LogP contribution in [-0.2, 0) is 6.54 Å². The Morgan fingerprint density at radius 2 is 1.84 bits per heavy atom. The van der Waals surface area contributed by atoms with Crippen LogP contribution in [0.4, 0.5) is 8.78 Å². The third-order valence-electron chi connectivity index (χ3n) is 2.65. The molecule has 100 valence electrons. The van der Waals surface area contributed by atoms with Crippen LogP contribution in [0.2, 0.25) is 0 Å². The smallest absolute Gasteiger partial charge is 0.137 e. The van der Waals surface area contributed by atoms with Crippen LogP contribution in [0.5, 0.6) is 0 Å². The Labute approximate surface area is 116 Å². The molecule has 0 aliphatic carbocycles. The molecule has 2 aromatic carbocycles. The number of halogens is 2. The van der Waals surface area contributed by atoms with E-state index in [2.05, 4.69) is 5.32 Å². The molecule has 0 saturated carbocycles. The molecule has 1 N–H and O–H groups in total. The highest BCUT2D eigenvalue weighted by molar-refractivity contribution is 7.99. The molecule has 2 rings (SSSR count). The number of hydrogen-bond donors (Lipinski definition) is 1. The Hall–Kier alpha value is -1.39. The molecule has 0 radical (unpaired) electrons. The lowest BCUT2D eigenvalue weighted by Crippen LogP contribution is -2.12. The summed E-state index contributed by atoms with van der Waals surface area (Å²) in [5.74, 6) is -0.822. The van der Waals surface area contributed by atoms with Gasteiger partial charge in [0.15, 0.2) is 0 Å². The minimum atomic E-state index is -0.423. The van der Waals surface area contributed by atoms with Crippen molar-refractivity contribution in [1.29, 1.82) is 0 Å². The lowest BCUT2D eigenvalue weighted by atomic mass is 10.2. The van der Waals surface area contributed by atoms with Gasteiger partial charge in [-0.15, -0.1) is 0 Å². The summed E-state index contributed by atoms with van der Waals surface area (Å²) in [6, 6.07) is 11.3. The predicted octanol–water partition coefficient (Wildman–Crippen LogP) is 4.23. The molecule has 19 heavy (non-hydrogen) atoms. The molecule has 0 heterocycles. The number of nitrogens with one attached hydrogen (secondary N) is 1. The maximum atomic E-state index is 13.6. The fourth-order valence-corrected chi connectivity index (χ4v) is 2.67. The van der Waals surface area contributed by atoms with Gasteiger partial charge in [0.1, 0.15) is 11.6 Å². The SMILES string of the molecule is CCNCc1ccccc1Sc1cc(F)ccc1F. The molecule has 0 bridgehead atoms. The van der Waals surface area contributed by atoms with Gasteiger partial charge < -0.3 is 5.32 Å². The molecule has 0 aliphatic heterocycles. The Bertz CT molecular complexity index is 558. The highest BCUT2D eigenvalue weighted by atomic mass is 32.2. The largest absolute Gasteiger partial charge is 0.313 e. The maximum absolute atomic E-state index is 13.6. The third kappa shape index (κ3) is 3.78. The molecular weight excluding hydrogens is 264 g/mol. The Morgan fingerprint density at radius 1 is 1.05 bits per heavy atom. The minimum Gasteiger partial charge on any atom is -0.313 e. The monoisotopic (exact) mass is 279 g/mol. The minimum absolute atomic E-state index is 0.309. The van der Waals surface area contributed by atoms with Gasteiger partial charge in [-0.2, -0.15) is 0 Å². The molecule has 0 spiro atoms. The summed E-state index contributed by atoms with van der Waals surface area (Å²) in [6.45, 7) is 3.62. The van der Waals surface area contributed by atoms with Gasteiger partial charge in [0.25, 0.3) is 0 Å². The fraction of sp³-hybridized carbons (Fsp3) is 0.200. The van der Waals surface area contributed by atoms with Crippen molar-refractivity contribution in [2.45, 2.75) is 23.3 Å². The quantitative estimate of drug-likeness (QED) is 0.879. The average Bonchev–Trinajstić information content (AvgIpc) is 2.42. The second kappa shape index (κ2) is 6.68. The van der Waals surface area contributed by atoms with E-state index >= 15 is 0 Å². The molecule has 2 aromatic rings. The predicted molar refractivity (Wildman–Crippen MR) is 74.3 cm³/mol. The van der Waals surface area contributed by atoms with Crippen molar-refractivity contribution < 1.29 is 8.78 Å². The molecule has 0 unspecified atom stereocenters. The topological polar surface area (TPSA) is 12.0 Å². The van der Waals surface area contributed by atoms with Crippen LogP contribution in [0.15, 0.2) is 52.3 Å². The van der Waals surface area contributed by atoms with E-state index < -0.39 is 11.6 Å². The van der Waals surface area contributed by atoms with E-state index in [4.69, 9.17) is 0 Å². The highest BCUT2D eigenvalue weighted by Crippen LogP contribution is 2.32. The van der Waals surface area contributed by atoms with E-state index in [0.29, 0.717) is 4.90 Å². The van der Waals surface area contributed by atoms with Gasteiger partial charge in [-0.25, -0.2) is 8.78 Å². The molecular formula is C15H15F2NS. The zero-order chi connectivity index (χ0) is 13.7. The standard InChI is InChI=1S/C15H15F2NS/c1-2-18-10-11-5-3-4-6-14(11)19-15-9-12(16)7-8-13(15)17/h3-9,18H,2,10H2,1H3. The van der Waals surface area contributed by atoms with Gasteiger partial charge in [-0.1, -0.05) is 36.9 Å². The normalized spacial score (nSPS) is 10.7. The van der Waals surface area contributed by atoms with E-state index in [0.717, 1.165) is 35.7 Å². The summed E-state index contributed by atoms with van der Waals surface area (Å²) in [7, 11) is 0. The third-order valence-corrected chi connectivity index (χ3v) is 3.80. The average molecular weight is 279 g/mol. The summed E-state index contributed by atoms with van der Waals surface area (Å²) in [5.41, 5.74) is 1.08. The van der Waals surface area contributed by atoms with E-state index in [-0.39, 0.29) is 0 Å².